The molecule has 0 atom stereocenters. The average molecular weight is 324 g/mol. The molecule has 2 aromatic rings. The number of hydrogen-bond donors (Lipinski definition) is 0. The van der Waals surface area contributed by atoms with Crippen molar-refractivity contribution in [3.63, 3.8) is 0 Å². The fraction of sp³-hybridized carbons (Fsp3) is 0.400. The highest BCUT2D eigenvalue weighted by Gasteiger charge is 2.23. The third kappa shape index (κ3) is 4.34. The monoisotopic (exact) mass is 324 g/mol. The maximum atomic E-state index is 12.6. The molecule has 4 nitrogen and oxygen atoms in total. The molecule has 0 unspecified atom stereocenters. The molecule has 0 N–H and O–H groups in total. The number of amides is 1. The van der Waals surface area contributed by atoms with Crippen LogP contribution in [0.3, 0.4) is 0 Å². The van der Waals surface area contributed by atoms with Crippen LogP contribution in [0, 0.1) is 12.8 Å². The van der Waals surface area contributed by atoms with Crippen LogP contribution < -0.4 is 4.74 Å². The van der Waals surface area contributed by atoms with E-state index in [9.17, 15) is 4.79 Å². The Kier molecular flexibility index (Phi) is 5.47. The lowest BCUT2D eigenvalue weighted by Gasteiger charge is -2.32. The molecule has 1 amide bonds. The number of likely N-dealkylation sites (tertiary alicyclic amines) is 1. The number of carbonyl (C=O) groups excluding carboxylic acids is 1. The van der Waals surface area contributed by atoms with Crippen LogP contribution in [0.1, 0.15) is 35.2 Å². The van der Waals surface area contributed by atoms with E-state index in [0.29, 0.717) is 12.5 Å². The minimum atomic E-state index is 0.156. The van der Waals surface area contributed by atoms with Crippen molar-refractivity contribution >= 4 is 5.91 Å². The molecule has 1 aliphatic rings. The van der Waals surface area contributed by atoms with E-state index in [2.05, 4.69) is 4.98 Å². The molecule has 0 saturated carbocycles. The van der Waals surface area contributed by atoms with Crippen molar-refractivity contribution in [3.8, 4) is 5.75 Å². The highest BCUT2D eigenvalue weighted by molar-refractivity contribution is 5.94. The largest absolute Gasteiger partial charge is 0.492 e. The van der Waals surface area contributed by atoms with Gasteiger partial charge < -0.3 is 9.64 Å². The fourth-order valence-corrected chi connectivity index (χ4v) is 3.16. The van der Waals surface area contributed by atoms with Crippen LogP contribution in [0.4, 0.5) is 0 Å². The molecule has 0 spiro atoms. The molecular weight excluding hydrogens is 300 g/mol. The number of hydrogen-bond acceptors (Lipinski definition) is 3. The molecule has 126 valence electrons. The van der Waals surface area contributed by atoms with Crippen LogP contribution in [0.15, 0.2) is 48.8 Å². The Morgan fingerprint density at radius 1 is 1.25 bits per heavy atom. The quantitative estimate of drug-likeness (QED) is 0.842. The lowest BCUT2D eigenvalue weighted by molar-refractivity contribution is 0.0680. The first-order valence-electron chi connectivity index (χ1n) is 8.61. The van der Waals surface area contributed by atoms with Crippen molar-refractivity contribution in [1.29, 1.82) is 0 Å². The van der Waals surface area contributed by atoms with Gasteiger partial charge in [0.15, 0.2) is 0 Å². The second kappa shape index (κ2) is 7.95. The maximum Gasteiger partial charge on any atom is 0.253 e. The Bertz CT molecular complexity index is 664. The highest BCUT2D eigenvalue weighted by Crippen LogP contribution is 2.22. The van der Waals surface area contributed by atoms with Gasteiger partial charge in [0, 0.05) is 24.8 Å². The zero-order chi connectivity index (χ0) is 16.8. The van der Waals surface area contributed by atoms with Gasteiger partial charge in [-0.2, -0.15) is 0 Å². The van der Waals surface area contributed by atoms with Gasteiger partial charge in [0.2, 0.25) is 0 Å². The van der Waals surface area contributed by atoms with Gasteiger partial charge in [-0.3, -0.25) is 9.78 Å². The topological polar surface area (TPSA) is 42.4 Å². The zero-order valence-electron chi connectivity index (χ0n) is 14.1. The summed E-state index contributed by atoms with van der Waals surface area (Å²) in [4.78, 5) is 18.6. The summed E-state index contributed by atoms with van der Waals surface area (Å²) in [6, 6.07) is 11.6. The summed E-state index contributed by atoms with van der Waals surface area (Å²) in [6.07, 6.45) is 6.61. The van der Waals surface area contributed by atoms with E-state index < -0.39 is 0 Å². The third-order valence-corrected chi connectivity index (χ3v) is 4.60. The van der Waals surface area contributed by atoms with Gasteiger partial charge >= 0.3 is 0 Å². The summed E-state index contributed by atoms with van der Waals surface area (Å²) < 4.78 is 5.72. The Labute approximate surface area is 143 Å². The Balaban J connectivity index is 1.43. The number of aryl methyl sites for hydroxylation is 1. The van der Waals surface area contributed by atoms with Crippen LogP contribution in [0.5, 0.6) is 5.75 Å². The van der Waals surface area contributed by atoms with Crippen LogP contribution in [0.25, 0.3) is 0 Å². The summed E-state index contributed by atoms with van der Waals surface area (Å²) in [6.45, 7) is 4.40. The van der Waals surface area contributed by atoms with Crippen molar-refractivity contribution in [1.82, 2.24) is 9.88 Å². The molecule has 1 aromatic carbocycles. The number of carbonyl (C=O) groups is 1. The minimum absolute atomic E-state index is 0.156. The van der Waals surface area contributed by atoms with E-state index in [-0.39, 0.29) is 5.91 Å². The second-order valence-corrected chi connectivity index (χ2v) is 6.43. The number of nitrogens with zero attached hydrogens (tertiary/aromatic N) is 2. The standard InChI is InChI=1S/C20H24N2O2/c1-16-4-2-5-18(14-16)20(23)22-11-7-17(8-12-22)9-13-24-19-6-3-10-21-15-19/h2-6,10,14-15,17H,7-9,11-13H2,1H3. The lowest BCUT2D eigenvalue weighted by Crippen LogP contribution is -2.38. The predicted octanol–water partition coefficient (Wildman–Crippen LogP) is 3.71. The normalized spacial score (nSPS) is 15.3. The molecule has 1 aromatic heterocycles. The van der Waals surface area contributed by atoms with Crippen LogP contribution in [-0.4, -0.2) is 35.5 Å². The van der Waals surface area contributed by atoms with Gasteiger partial charge in [0.25, 0.3) is 5.91 Å². The number of piperidine rings is 1. The Morgan fingerprint density at radius 3 is 2.79 bits per heavy atom. The first-order chi connectivity index (χ1) is 11.7. The summed E-state index contributed by atoms with van der Waals surface area (Å²) in [5.41, 5.74) is 1.93. The molecule has 3 rings (SSSR count). The Hall–Kier alpha value is -2.36. The van der Waals surface area contributed by atoms with Crippen molar-refractivity contribution in [2.75, 3.05) is 19.7 Å². The van der Waals surface area contributed by atoms with Crippen molar-refractivity contribution in [2.45, 2.75) is 26.2 Å². The van der Waals surface area contributed by atoms with Gasteiger partial charge in [0.05, 0.1) is 12.8 Å². The number of aromatic nitrogens is 1. The van der Waals surface area contributed by atoms with Crippen LogP contribution >= 0.6 is 0 Å². The molecule has 4 heteroatoms. The highest BCUT2D eigenvalue weighted by atomic mass is 16.5. The summed E-state index contributed by atoms with van der Waals surface area (Å²) >= 11 is 0. The zero-order valence-corrected chi connectivity index (χ0v) is 14.1. The van der Waals surface area contributed by atoms with E-state index in [1.807, 2.05) is 48.2 Å². The fourth-order valence-electron chi connectivity index (χ4n) is 3.16. The smallest absolute Gasteiger partial charge is 0.253 e. The number of benzene rings is 1. The molecule has 1 aliphatic heterocycles. The predicted molar refractivity (Wildman–Crippen MR) is 94.2 cm³/mol. The first-order valence-corrected chi connectivity index (χ1v) is 8.61. The molecule has 1 fully saturated rings. The molecule has 0 bridgehead atoms. The molecule has 1 saturated heterocycles. The molecule has 24 heavy (non-hydrogen) atoms. The number of ether oxygens (including phenoxy) is 1. The number of rotatable bonds is 5. The van der Waals surface area contributed by atoms with Gasteiger partial charge in [-0.1, -0.05) is 17.7 Å². The summed E-state index contributed by atoms with van der Waals surface area (Å²) in [7, 11) is 0. The SMILES string of the molecule is Cc1cccc(C(=O)N2CCC(CCOc3cccnc3)CC2)c1. The minimum Gasteiger partial charge on any atom is -0.492 e. The van der Waals surface area contributed by atoms with E-state index in [1.54, 1.807) is 12.4 Å². The molecule has 2 heterocycles. The molecule has 0 aliphatic carbocycles. The molecule has 0 radical (unpaired) electrons. The summed E-state index contributed by atoms with van der Waals surface area (Å²) in [5.74, 6) is 1.61. The van der Waals surface area contributed by atoms with Gasteiger partial charge in [-0.05, 0) is 56.4 Å². The van der Waals surface area contributed by atoms with Crippen molar-refractivity contribution in [2.24, 2.45) is 5.92 Å². The van der Waals surface area contributed by atoms with E-state index in [0.717, 1.165) is 49.2 Å². The second-order valence-electron chi connectivity index (χ2n) is 6.43. The third-order valence-electron chi connectivity index (χ3n) is 4.60. The molecular formula is C20H24N2O2. The Morgan fingerprint density at radius 2 is 2.08 bits per heavy atom. The number of pyridine rings is 1. The van der Waals surface area contributed by atoms with E-state index in [1.165, 1.54) is 0 Å². The van der Waals surface area contributed by atoms with E-state index >= 15 is 0 Å². The summed E-state index contributed by atoms with van der Waals surface area (Å²) in [5, 5.41) is 0. The van der Waals surface area contributed by atoms with Crippen LogP contribution in [-0.2, 0) is 0 Å². The van der Waals surface area contributed by atoms with E-state index in [4.69, 9.17) is 4.74 Å². The van der Waals surface area contributed by atoms with Crippen LogP contribution in [0.2, 0.25) is 0 Å². The lowest BCUT2D eigenvalue weighted by atomic mass is 9.93. The van der Waals surface area contributed by atoms with Crippen molar-refractivity contribution in [3.05, 3.63) is 59.9 Å². The van der Waals surface area contributed by atoms with Crippen molar-refractivity contribution < 1.29 is 9.53 Å². The van der Waals surface area contributed by atoms with Gasteiger partial charge in [-0.15, -0.1) is 0 Å². The first kappa shape index (κ1) is 16.5. The van der Waals surface area contributed by atoms with Gasteiger partial charge in [-0.25, -0.2) is 0 Å². The maximum absolute atomic E-state index is 12.6. The average Bonchev–Trinajstić information content (AvgIpc) is 2.63. The van der Waals surface area contributed by atoms with Gasteiger partial charge in [0.1, 0.15) is 5.75 Å².